The van der Waals surface area contributed by atoms with E-state index in [1.54, 1.807) is 19.3 Å². The number of carbonyl (C=O) groups is 1. The Balaban J connectivity index is 3.98. The summed E-state index contributed by atoms with van der Waals surface area (Å²) in [4.78, 5) is 17.5. The van der Waals surface area contributed by atoms with Crippen LogP contribution < -0.4 is 0 Å². The van der Waals surface area contributed by atoms with Crippen molar-refractivity contribution in [3.63, 3.8) is 0 Å². The summed E-state index contributed by atoms with van der Waals surface area (Å²) in [5.41, 5.74) is 0.345. The first-order valence-electron chi connectivity index (χ1n) is 2.91. The molecule has 0 aliphatic carbocycles. The number of aldehydes is 1. The Bertz CT molecular complexity index is 180. The van der Waals surface area contributed by atoms with E-state index in [0.29, 0.717) is 12.0 Å². The van der Waals surface area contributed by atoms with Crippen molar-refractivity contribution < 1.29 is 4.79 Å². The average Bonchev–Trinajstić information content (AvgIpc) is 1.99. The third-order valence-corrected chi connectivity index (χ3v) is 0.821. The summed E-state index contributed by atoms with van der Waals surface area (Å²) in [5, 5.41) is 0. The van der Waals surface area contributed by atoms with Gasteiger partial charge < -0.3 is 0 Å². The summed E-state index contributed by atoms with van der Waals surface area (Å²) in [5.74, 6) is 0. The molecule has 0 aromatic heterocycles. The number of hydrogen-bond donors (Lipinski definition) is 0. The van der Waals surface area contributed by atoms with Gasteiger partial charge in [-0.05, 0) is 6.92 Å². The van der Waals surface area contributed by atoms with Gasteiger partial charge in [-0.1, -0.05) is 6.08 Å². The molecule has 0 amide bonds. The second kappa shape index (κ2) is 5.88. The normalized spacial score (nSPS) is 13.2. The van der Waals surface area contributed by atoms with Gasteiger partial charge in [0.15, 0.2) is 6.29 Å². The molecule has 0 fully saturated rings. The third-order valence-electron chi connectivity index (χ3n) is 0.821. The van der Waals surface area contributed by atoms with Gasteiger partial charge in [0.1, 0.15) is 5.71 Å². The zero-order valence-corrected chi connectivity index (χ0v) is 6.11. The number of carbonyl (C=O) groups excluding carboxylic acids is 1. The molecule has 10 heavy (non-hydrogen) atoms. The molecule has 0 aromatic rings. The first-order valence-corrected chi connectivity index (χ1v) is 2.91. The summed E-state index contributed by atoms with van der Waals surface area (Å²) < 4.78 is 0. The van der Waals surface area contributed by atoms with Gasteiger partial charge in [0.2, 0.25) is 0 Å². The van der Waals surface area contributed by atoms with E-state index in [-0.39, 0.29) is 0 Å². The van der Waals surface area contributed by atoms with Crippen LogP contribution in [0.25, 0.3) is 0 Å². The van der Waals surface area contributed by atoms with Crippen LogP contribution in [0.5, 0.6) is 0 Å². The highest BCUT2D eigenvalue weighted by atomic mass is 16.1. The summed E-state index contributed by atoms with van der Waals surface area (Å²) >= 11 is 0. The fraction of sp³-hybridized carbons (Fsp3) is 0.286. The van der Waals surface area contributed by atoms with E-state index in [2.05, 4.69) is 9.98 Å². The maximum absolute atomic E-state index is 10.1. The van der Waals surface area contributed by atoms with Crippen molar-refractivity contribution in [1.82, 2.24) is 0 Å². The molecule has 0 heterocycles. The van der Waals surface area contributed by atoms with Crippen molar-refractivity contribution in [2.24, 2.45) is 9.98 Å². The Hall–Kier alpha value is -1.25. The molecule has 0 atom stereocenters. The van der Waals surface area contributed by atoms with Crippen LogP contribution >= 0.6 is 0 Å². The van der Waals surface area contributed by atoms with Crippen molar-refractivity contribution in [3.8, 4) is 0 Å². The van der Waals surface area contributed by atoms with Crippen LogP contribution in [0.15, 0.2) is 22.3 Å². The molecular formula is C7H10N2O. The molecule has 0 aliphatic rings. The first kappa shape index (κ1) is 8.75. The number of aliphatic imine (C=N–C) groups is 2. The molecule has 0 aliphatic heterocycles. The molecule has 0 rings (SSSR count). The zero-order valence-electron chi connectivity index (χ0n) is 6.11. The van der Waals surface area contributed by atoms with Crippen molar-refractivity contribution in [3.05, 3.63) is 12.3 Å². The van der Waals surface area contributed by atoms with Crippen molar-refractivity contribution >= 4 is 18.2 Å². The van der Waals surface area contributed by atoms with E-state index in [4.69, 9.17) is 0 Å². The predicted molar refractivity (Wildman–Crippen MR) is 42.7 cm³/mol. The predicted octanol–water partition coefficient (Wildman–Crippen LogP) is 0.861. The van der Waals surface area contributed by atoms with Crippen LogP contribution in [-0.4, -0.2) is 25.3 Å². The lowest BCUT2D eigenvalue weighted by atomic mass is 10.4. The quantitative estimate of drug-likeness (QED) is 0.421. The highest BCUT2D eigenvalue weighted by Crippen LogP contribution is 1.72. The summed E-state index contributed by atoms with van der Waals surface area (Å²) in [6, 6.07) is 0. The van der Waals surface area contributed by atoms with Crippen LogP contribution in [0, 0.1) is 0 Å². The molecule has 0 aromatic carbocycles. The minimum Gasteiger partial charge on any atom is -0.296 e. The maximum atomic E-state index is 10.1. The van der Waals surface area contributed by atoms with Gasteiger partial charge in [-0.3, -0.25) is 14.8 Å². The third kappa shape index (κ3) is 3.72. The minimum absolute atomic E-state index is 0.345. The Morgan fingerprint density at radius 3 is 2.60 bits per heavy atom. The fourth-order valence-corrected chi connectivity index (χ4v) is 0.346. The smallest absolute Gasteiger partial charge is 0.169 e. The topological polar surface area (TPSA) is 41.8 Å². The second-order valence-electron chi connectivity index (χ2n) is 1.53. The average molecular weight is 138 g/mol. The lowest BCUT2D eigenvalue weighted by Gasteiger charge is -1.80. The molecule has 0 N–H and O–H groups in total. The van der Waals surface area contributed by atoms with Gasteiger partial charge in [0, 0.05) is 13.2 Å². The van der Waals surface area contributed by atoms with Crippen LogP contribution in [0.2, 0.25) is 0 Å². The van der Waals surface area contributed by atoms with Crippen molar-refractivity contribution in [2.75, 3.05) is 7.05 Å². The van der Waals surface area contributed by atoms with E-state index in [9.17, 15) is 4.79 Å². The fourth-order valence-electron chi connectivity index (χ4n) is 0.346. The second-order valence-corrected chi connectivity index (χ2v) is 1.53. The maximum Gasteiger partial charge on any atom is 0.169 e. The molecular weight excluding hydrogens is 128 g/mol. The Kier molecular flexibility index (Phi) is 5.14. The first-order chi connectivity index (χ1) is 4.85. The van der Waals surface area contributed by atoms with E-state index >= 15 is 0 Å². The largest absolute Gasteiger partial charge is 0.296 e. The number of hydrogen-bond acceptors (Lipinski definition) is 3. The van der Waals surface area contributed by atoms with E-state index in [1.165, 1.54) is 6.21 Å². The lowest BCUT2D eigenvalue weighted by Crippen LogP contribution is -1.99. The van der Waals surface area contributed by atoms with E-state index < -0.39 is 0 Å². The van der Waals surface area contributed by atoms with Gasteiger partial charge in [-0.25, -0.2) is 0 Å². The summed E-state index contributed by atoms with van der Waals surface area (Å²) in [6.07, 6.45) is 5.43. The number of nitrogens with zero attached hydrogens (tertiary/aromatic N) is 2. The van der Waals surface area contributed by atoms with Crippen LogP contribution in [0.4, 0.5) is 0 Å². The molecule has 0 saturated carbocycles. The van der Waals surface area contributed by atoms with Crippen LogP contribution in [0.3, 0.4) is 0 Å². The van der Waals surface area contributed by atoms with Crippen molar-refractivity contribution in [2.45, 2.75) is 6.92 Å². The highest BCUT2D eigenvalue weighted by Gasteiger charge is 1.84. The van der Waals surface area contributed by atoms with Crippen LogP contribution in [-0.2, 0) is 4.79 Å². The molecule has 0 saturated heterocycles. The molecule has 0 spiro atoms. The molecule has 0 unspecified atom stereocenters. The Morgan fingerprint density at radius 1 is 1.50 bits per heavy atom. The Labute approximate surface area is 60.2 Å². The van der Waals surface area contributed by atoms with Crippen LogP contribution in [0.1, 0.15) is 6.92 Å². The summed E-state index contributed by atoms with van der Waals surface area (Å²) in [7, 11) is 1.55. The zero-order chi connectivity index (χ0) is 7.82. The SMILES string of the molecule is C/C=C\N=CC(C=O)=NC. The molecule has 54 valence electrons. The standard InChI is InChI=1S/C7H10N2O/c1-3-4-9-5-7(6-10)8-2/h3-6H,1-2H3/b4-3-,8-7?,9-5?. The van der Waals surface area contributed by atoms with Gasteiger partial charge >= 0.3 is 0 Å². The minimum atomic E-state index is 0.345. The molecule has 3 heteroatoms. The van der Waals surface area contributed by atoms with Gasteiger partial charge in [0.05, 0.1) is 6.21 Å². The van der Waals surface area contributed by atoms with E-state index in [1.807, 2.05) is 6.92 Å². The highest BCUT2D eigenvalue weighted by molar-refractivity contribution is 6.54. The summed E-state index contributed by atoms with van der Waals surface area (Å²) in [6.45, 7) is 1.85. The Morgan fingerprint density at radius 2 is 2.20 bits per heavy atom. The molecule has 0 bridgehead atoms. The van der Waals surface area contributed by atoms with E-state index in [0.717, 1.165) is 0 Å². The van der Waals surface area contributed by atoms with Gasteiger partial charge in [0.25, 0.3) is 0 Å². The monoisotopic (exact) mass is 138 g/mol. The number of rotatable bonds is 3. The molecule has 0 radical (unpaired) electrons. The van der Waals surface area contributed by atoms with Gasteiger partial charge in [-0.15, -0.1) is 0 Å². The number of allylic oxidation sites excluding steroid dienone is 1. The van der Waals surface area contributed by atoms with Crippen molar-refractivity contribution in [1.29, 1.82) is 0 Å². The molecule has 3 nitrogen and oxygen atoms in total. The van der Waals surface area contributed by atoms with Gasteiger partial charge in [-0.2, -0.15) is 0 Å². The lowest BCUT2D eigenvalue weighted by molar-refractivity contribution is -0.102.